The summed E-state index contributed by atoms with van der Waals surface area (Å²) in [5.74, 6) is 1.63. The molecule has 0 aliphatic heterocycles. The molecule has 1 aromatic heterocycles. The SMILES string of the molecule is COc1ccc(OCCNc2nc(C)cc(C(=O)Nc3ccccc3)n2)cc1. The first-order valence-corrected chi connectivity index (χ1v) is 8.87. The average molecular weight is 378 g/mol. The van der Waals surface area contributed by atoms with Gasteiger partial charge in [0, 0.05) is 11.4 Å². The Balaban J connectivity index is 1.54. The van der Waals surface area contributed by atoms with E-state index in [1.807, 2.05) is 61.5 Å². The molecule has 0 aliphatic rings. The first kappa shape index (κ1) is 19.2. The highest BCUT2D eigenvalue weighted by Gasteiger charge is 2.11. The molecule has 7 heteroatoms. The van der Waals surface area contributed by atoms with Gasteiger partial charge >= 0.3 is 0 Å². The second-order valence-corrected chi connectivity index (χ2v) is 5.99. The van der Waals surface area contributed by atoms with Gasteiger partial charge in [0.15, 0.2) is 0 Å². The van der Waals surface area contributed by atoms with Crippen LogP contribution in [0.1, 0.15) is 16.2 Å². The van der Waals surface area contributed by atoms with Gasteiger partial charge < -0.3 is 20.1 Å². The van der Waals surface area contributed by atoms with E-state index in [1.165, 1.54) is 0 Å². The number of amides is 1. The average Bonchev–Trinajstić information content (AvgIpc) is 2.72. The van der Waals surface area contributed by atoms with Crippen molar-refractivity contribution in [1.29, 1.82) is 0 Å². The van der Waals surface area contributed by atoms with E-state index < -0.39 is 0 Å². The molecule has 0 radical (unpaired) electrons. The fourth-order valence-electron chi connectivity index (χ4n) is 2.48. The fraction of sp³-hybridized carbons (Fsp3) is 0.190. The molecule has 0 fully saturated rings. The summed E-state index contributed by atoms with van der Waals surface area (Å²) in [5.41, 5.74) is 1.72. The summed E-state index contributed by atoms with van der Waals surface area (Å²) in [5, 5.41) is 5.90. The van der Waals surface area contributed by atoms with Gasteiger partial charge in [-0.05, 0) is 49.4 Å². The molecule has 0 atom stereocenters. The summed E-state index contributed by atoms with van der Waals surface area (Å²) in [6, 6.07) is 18.3. The zero-order valence-electron chi connectivity index (χ0n) is 15.8. The molecule has 2 aromatic carbocycles. The van der Waals surface area contributed by atoms with Crippen LogP contribution in [0.4, 0.5) is 11.6 Å². The Labute approximate surface area is 163 Å². The van der Waals surface area contributed by atoms with E-state index in [4.69, 9.17) is 9.47 Å². The van der Waals surface area contributed by atoms with Gasteiger partial charge in [-0.15, -0.1) is 0 Å². The highest BCUT2D eigenvalue weighted by atomic mass is 16.5. The molecule has 3 rings (SSSR count). The lowest BCUT2D eigenvalue weighted by molar-refractivity contribution is 0.102. The summed E-state index contributed by atoms with van der Waals surface area (Å²) >= 11 is 0. The number of nitrogens with zero attached hydrogens (tertiary/aromatic N) is 2. The van der Waals surface area contributed by atoms with Crippen LogP contribution < -0.4 is 20.1 Å². The molecule has 1 amide bonds. The second-order valence-electron chi connectivity index (χ2n) is 5.99. The van der Waals surface area contributed by atoms with Crippen LogP contribution in [0.3, 0.4) is 0 Å². The summed E-state index contributed by atoms with van der Waals surface area (Å²) in [4.78, 5) is 21.0. The topological polar surface area (TPSA) is 85.4 Å². The van der Waals surface area contributed by atoms with Crippen molar-refractivity contribution in [3.63, 3.8) is 0 Å². The molecule has 0 saturated heterocycles. The lowest BCUT2D eigenvalue weighted by atomic mass is 10.3. The van der Waals surface area contributed by atoms with E-state index >= 15 is 0 Å². The molecule has 0 aliphatic carbocycles. The first-order valence-electron chi connectivity index (χ1n) is 8.87. The number of aryl methyl sites for hydroxylation is 1. The summed E-state index contributed by atoms with van der Waals surface area (Å²) in [6.07, 6.45) is 0. The normalized spacial score (nSPS) is 10.2. The van der Waals surface area contributed by atoms with Gasteiger partial charge in [0.1, 0.15) is 23.8 Å². The minimum atomic E-state index is -0.283. The molecule has 0 unspecified atom stereocenters. The molecule has 2 N–H and O–H groups in total. The first-order chi connectivity index (χ1) is 13.6. The van der Waals surface area contributed by atoms with E-state index in [1.54, 1.807) is 13.2 Å². The zero-order chi connectivity index (χ0) is 19.8. The van der Waals surface area contributed by atoms with E-state index in [0.29, 0.717) is 36.2 Å². The summed E-state index contributed by atoms with van der Waals surface area (Å²) in [7, 11) is 1.62. The quantitative estimate of drug-likeness (QED) is 0.583. The highest BCUT2D eigenvalue weighted by molar-refractivity contribution is 6.03. The molecule has 0 bridgehead atoms. The fourth-order valence-corrected chi connectivity index (χ4v) is 2.48. The van der Waals surface area contributed by atoms with Gasteiger partial charge in [0.25, 0.3) is 5.91 Å². The standard InChI is InChI=1S/C21H22N4O3/c1-15-14-19(20(26)24-16-6-4-3-5-7-16)25-21(23-15)22-12-13-28-18-10-8-17(27-2)9-11-18/h3-11,14H,12-13H2,1-2H3,(H,24,26)(H,22,23,25). The molecule has 28 heavy (non-hydrogen) atoms. The maximum atomic E-state index is 12.4. The summed E-state index contributed by atoms with van der Waals surface area (Å²) < 4.78 is 10.8. The molecule has 3 aromatic rings. The number of ether oxygens (including phenoxy) is 2. The van der Waals surface area contributed by atoms with Crippen LogP contribution in [-0.2, 0) is 0 Å². The van der Waals surface area contributed by atoms with Crippen LogP contribution in [0.15, 0.2) is 60.7 Å². The number of nitrogens with one attached hydrogen (secondary N) is 2. The lowest BCUT2D eigenvalue weighted by Gasteiger charge is -2.10. The van der Waals surface area contributed by atoms with Gasteiger partial charge in [-0.3, -0.25) is 4.79 Å². The lowest BCUT2D eigenvalue weighted by Crippen LogP contribution is -2.18. The number of hydrogen-bond donors (Lipinski definition) is 2. The van der Waals surface area contributed by atoms with Gasteiger partial charge in [-0.2, -0.15) is 0 Å². The third-order valence-electron chi connectivity index (χ3n) is 3.83. The van der Waals surface area contributed by atoms with Crippen molar-refractivity contribution in [2.24, 2.45) is 0 Å². The van der Waals surface area contributed by atoms with Crippen molar-refractivity contribution in [1.82, 2.24) is 9.97 Å². The van der Waals surface area contributed by atoms with E-state index in [9.17, 15) is 4.79 Å². The van der Waals surface area contributed by atoms with E-state index in [-0.39, 0.29) is 5.91 Å². The number of para-hydroxylation sites is 1. The molecular weight excluding hydrogens is 356 g/mol. The Kier molecular flexibility index (Phi) is 6.41. The minimum Gasteiger partial charge on any atom is -0.497 e. The van der Waals surface area contributed by atoms with Crippen molar-refractivity contribution >= 4 is 17.5 Å². The highest BCUT2D eigenvalue weighted by Crippen LogP contribution is 2.17. The Hall–Kier alpha value is -3.61. The predicted octanol–water partition coefficient (Wildman–Crippen LogP) is 3.54. The third-order valence-corrected chi connectivity index (χ3v) is 3.83. The van der Waals surface area contributed by atoms with Gasteiger partial charge in [0.2, 0.25) is 5.95 Å². The van der Waals surface area contributed by atoms with Crippen molar-refractivity contribution in [2.75, 3.05) is 30.9 Å². The van der Waals surface area contributed by atoms with Crippen molar-refractivity contribution in [3.8, 4) is 11.5 Å². The third kappa shape index (κ3) is 5.44. The predicted molar refractivity (Wildman–Crippen MR) is 108 cm³/mol. The summed E-state index contributed by atoms with van der Waals surface area (Å²) in [6.45, 7) is 2.74. The smallest absolute Gasteiger partial charge is 0.274 e. The molecule has 0 spiro atoms. The van der Waals surface area contributed by atoms with Gasteiger partial charge in [-0.1, -0.05) is 18.2 Å². The second kappa shape index (κ2) is 9.36. The number of carbonyl (C=O) groups excluding carboxylic acids is 1. The van der Waals surface area contributed by atoms with Crippen LogP contribution in [0.5, 0.6) is 11.5 Å². The number of aromatic nitrogens is 2. The van der Waals surface area contributed by atoms with Crippen molar-refractivity contribution in [2.45, 2.75) is 6.92 Å². The van der Waals surface area contributed by atoms with E-state index in [2.05, 4.69) is 20.6 Å². The van der Waals surface area contributed by atoms with Crippen LogP contribution in [0.2, 0.25) is 0 Å². The van der Waals surface area contributed by atoms with Gasteiger partial charge in [0.05, 0.1) is 13.7 Å². The zero-order valence-corrected chi connectivity index (χ0v) is 15.8. The minimum absolute atomic E-state index is 0.283. The number of methoxy groups -OCH3 is 1. The van der Waals surface area contributed by atoms with Crippen molar-refractivity contribution < 1.29 is 14.3 Å². The van der Waals surface area contributed by atoms with Gasteiger partial charge in [-0.25, -0.2) is 9.97 Å². The Morgan fingerprint density at radius 3 is 2.43 bits per heavy atom. The number of rotatable bonds is 8. The van der Waals surface area contributed by atoms with Crippen LogP contribution >= 0.6 is 0 Å². The monoisotopic (exact) mass is 378 g/mol. The van der Waals surface area contributed by atoms with Crippen LogP contribution in [0.25, 0.3) is 0 Å². The van der Waals surface area contributed by atoms with E-state index in [0.717, 1.165) is 11.5 Å². The molecule has 0 saturated carbocycles. The number of hydrogen-bond acceptors (Lipinski definition) is 6. The Morgan fingerprint density at radius 2 is 1.71 bits per heavy atom. The van der Waals surface area contributed by atoms with Crippen LogP contribution in [-0.4, -0.2) is 36.1 Å². The molecule has 1 heterocycles. The molecular formula is C21H22N4O3. The maximum absolute atomic E-state index is 12.4. The van der Waals surface area contributed by atoms with Crippen molar-refractivity contribution in [3.05, 3.63) is 72.1 Å². The number of carbonyl (C=O) groups is 1. The number of anilines is 2. The molecule has 144 valence electrons. The Morgan fingerprint density at radius 1 is 1.00 bits per heavy atom. The maximum Gasteiger partial charge on any atom is 0.274 e. The number of benzene rings is 2. The van der Waals surface area contributed by atoms with Crippen LogP contribution in [0, 0.1) is 6.92 Å². The Bertz CT molecular complexity index is 915. The largest absolute Gasteiger partial charge is 0.497 e. The molecule has 7 nitrogen and oxygen atoms in total.